The molecule has 0 spiro atoms. The summed E-state index contributed by atoms with van der Waals surface area (Å²) in [6, 6.07) is 7.92. The van der Waals surface area contributed by atoms with Crippen molar-refractivity contribution in [3.63, 3.8) is 0 Å². The lowest BCUT2D eigenvalue weighted by molar-refractivity contribution is -0.109. The van der Waals surface area contributed by atoms with Gasteiger partial charge in [-0.1, -0.05) is 6.07 Å². The monoisotopic (exact) mass is 303 g/mol. The Morgan fingerprint density at radius 1 is 1.23 bits per heavy atom. The number of nitrogens with zero attached hydrogens (tertiary/aromatic N) is 1. The van der Waals surface area contributed by atoms with E-state index < -0.39 is 17.5 Å². The van der Waals surface area contributed by atoms with E-state index in [1.165, 1.54) is 11.0 Å². The van der Waals surface area contributed by atoms with Crippen LogP contribution in [0.1, 0.15) is 15.9 Å². The highest BCUT2D eigenvalue weighted by atomic mass is 19.1. The fraction of sp³-hybridized carbons (Fsp3) is 0.125. The quantitative estimate of drug-likeness (QED) is 0.816. The second-order valence-corrected chi connectivity index (χ2v) is 4.75. The largest absolute Gasteiger partial charge is 0.486 e. The summed E-state index contributed by atoms with van der Waals surface area (Å²) in [5.41, 5.74) is 0.967. The fourth-order valence-corrected chi connectivity index (χ4v) is 2.46. The van der Waals surface area contributed by atoms with Crippen molar-refractivity contribution in [2.45, 2.75) is 6.54 Å². The van der Waals surface area contributed by atoms with E-state index in [1.807, 2.05) is 0 Å². The third-order valence-electron chi connectivity index (χ3n) is 3.43. The first-order chi connectivity index (χ1) is 10.6. The van der Waals surface area contributed by atoms with Gasteiger partial charge in [0.05, 0.1) is 12.2 Å². The Hall–Kier alpha value is -2.76. The van der Waals surface area contributed by atoms with E-state index in [1.54, 1.807) is 18.2 Å². The van der Waals surface area contributed by atoms with Gasteiger partial charge >= 0.3 is 0 Å². The van der Waals surface area contributed by atoms with Crippen LogP contribution in [0.5, 0.6) is 5.75 Å². The van der Waals surface area contributed by atoms with Crippen molar-refractivity contribution in [2.24, 2.45) is 0 Å². The Morgan fingerprint density at radius 2 is 2.05 bits per heavy atom. The molecule has 1 aliphatic rings. The van der Waals surface area contributed by atoms with Gasteiger partial charge in [0.2, 0.25) is 0 Å². The smallest absolute Gasteiger partial charge is 0.259 e. The lowest BCUT2D eigenvalue weighted by Gasteiger charge is -2.16. The summed E-state index contributed by atoms with van der Waals surface area (Å²) in [7, 11) is 0. The van der Waals surface area contributed by atoms with Gasteiger partial charge in [-0.15, -0.1) is 0 Å². The lowest BCUT2D eigenvalue weighted by Crippen LogP contribution is -2.24. The standard InChI is InChI=1S/C16H11F2NO3/c17-10-4-5-14(13(18)8-10)19-9-12-11(16(19)21)2-1-3-15(12)22-7-6-20/h1-6,8H,7,9H2. The molecule has 2 aromatic carbocycles. The molecule has 1 heterocycles. The minimum atomic E-state index is -0.809. The Labute approximate surface area is 124 Å². The molecule has 0 radical (unpaired) electrons. The van der Waals surface area contributed by atoms with Crippen molar-refractivity contribution < 1.29 is 23.1 Å². The van der Waals surface area contributed by atoms with Gasteiger partial charge in [0.15, 0.2) is 6.29 Å². The molecule has 2 aromatic rings. The zero-order valence-corrected chi connectivity index (χ0v) is 11.4. The molecule has 0 aliphatic carbocycles. The second kappa shape index (κ2) is 5.55. The second-order valence-electron chi connectivity index (χ2n) is 4.75. The Kier molecular flexibility index (Phi) is 3.58. The molecule has 3 rings (SSSR count). The summed E-state index contributed by atoms with van der Waals surface area (Å²) in [5, 5.41) is 0. The Balaban J connectivity index is 1.98. The Bertz CT molecular complexity index is 761. The number of hydrogen-bond donors (Lipinski definition) is 0. The van der Waals surface area contributed by atoms with Crippen LogP contribution < -0.4 is 9.64 Å². The van der Waals surface area contributed by atoms with Gasteiger partial charge in [0.1, 0.15) is 24.0 Å². The summed E-state index contributed by atoms with van der Waals surface area (Å²) < 4.78 is 32.2. The number of halogens is 2. The van der Waals surface area contributed by atoms with Crippen LogP contribution in [0.4, 0.5) is 14.5 Å². The minimum absolute atomic E-state index is 0.00365. The molecule has 22 heavy (non-hydrogen) atoms. The number of anilines is 1. The van der Waals surface area contributed by atoms with Gasteiger partial charge in [-0.25, -0.2) is 8.78 Å². The minimum Gasteiger partial charge on any atom is -0.486 e. The molecule has 1 aliphatic heterocycles. The summed E-state index contributed by atoms with van der Waals surface area (Å²) in [4.78, 5) is 24.0. The first-order valence-electron chi connectivity index (χ1n) is 6.57. The molecule has 0 atom stereocenters. The third kappa shape index (κ3) is 2.32. The summed E-state index contributed by atoms with van der Waals surface area (Å²) in [5.74, 6) is -1.50. The maximum atomic E-state index is 13.9. The van der Waals surface area contributed by atoms with Crippen molar-refractivity contribution >= 4 is 17.9 Å². The predicted octanol–water partition coefficient (Wildman–Crippen LogP) is 2.70. The average molecular weight is 303 g/mol. The van der Waals surface area contributed by atoms with Gasteiger partial charge in [0.25, 0.3) is 5.91 Å². The third-order valence-corrected chi connectivity index (χ3v) is 3.43. The van der Waals surface area contributed by atoms with Crippen molar-refractivity contribution in [1.82, 2.24) is 0 Å². The first-order valence-corrected chi connectivity index (χ1v) is 6.57. The van der Waals surface area contributed by atoms with Gasteiger partial charge in [-0.05, 0) is 24.3 Å². The van der Waals surface area contributed by atoms with Crippen LogP contribution in [-0.4, -0.2) is 18.8 Å². The van der Waals surface area contributed by atoms with Crippen LogP contribution in [-0.2, 0) is 11.3 Å². The zero-order chi connectivity index (χ0) is 15.7. The maximum absolute atomic E-state index is 13.9. The molecule has 6 heteroatoms. The summed E-state index contributed by atoms with van der Waals surface area (Å²) in [6.45, 7) is -0.0265. The van der Waals surface area contributed by atoms with Crippen LogP contribution in [0.15, 0.2) is 36.4 Å². The maximum Gasteiger partial charge on any atom is 0.259 e. The molecule has 112 valence electrons. The highest BCUT2D eigenvalue weighted by molar-refractivity contribution is 6.10. The highest BCUT2D eigenvalue weighted by Gasteiger charge is 2.32. The number of hydrogen-bond acceptors (Lipinski definition) is 3. The molecule has 4 nitrogen and oxygen atoms in total. The topological polar surface area (TPSA) is 46.6 Å². The van der Waals surface area contributed by atoms with E-state index in [0.29, 0.717) is 23.2 Å². The highest BCUT2D eigenvalue weighted by Crippen LogP contribution is 2.35. The van der Waals surface area contributed by atoms with Crippen LogP contribution in [0.3, 0.4) is 0 Å². The fourth-order valence-electron chi connectivity index (χ4n) is 2.46. The van der Waals surface area contributed by atoms with E-state index in [0.717, 1.165) is 12.1 Å². The molecule has 0 bridgehead atoms. The van der Waals surface area contributed by atoms with Gasteiger partial charge < -0.3 is 9.64 Å². The number of aldehydes is 1. The molecular formula is C16H11F2NO3. The van der Waals surface area contributed by atoms with Gasteiger partial charge in [-0.3, -0.25) is 9.59 Å². The lowest BCUT2D eigenvalue weighted by atomic mass is 10.1. The van der Waals surface area contributed by atoms with E-state index in [-0.39, 0.29) is 18.8 Å². The zero-order valence-electron chi connectivity index (χ0n) is 11.4. The number of ether oxygens (including phenoxy) is 1. The Morgan fingerprint density at radius 3 is 2.77 bits per heavy atom. The van der Waals surface area contributed by atoms with Crippen LogP contribution >= 0.6 is 0 Å². The molecule has 0 unspecified atom stereocenters. The molecule has 0 saturated heterocycles. The predicted molar refractivity (Wildman–Crippen MR) is 74.9 cm³/mol. The number of carbonyl (C=O) groups excluding carboxylic acids is 2. The molecular weight excluding hydrogens is 292 g/mol. The molecule has 0 fully saturated rings. The number of rotatable bonds is 4. The van der Waals surface area contributed by atoms with Crippen molar-refractivity contribution in [2.75, 3.05) is 11.5 Å². The molecule has 0 aromatic heterocycles. The van der Waals surface area contributed by atoms with Gasteiger partial charge in [0, 0.05) is 17.2 Å². The van der Waals surface area contributed by atoms with Crippen LogP contribution in [0, 0.1) is 11.6 Å². The normalized spacial score (nSPS) is 13.2. The SMILES string of the molecule is O=CCOc1cccc2c1CN(c1ccc(F)cc1F)C2=O. The van der Waals surface area contributed by atoms with Gasteiger partial charge in [-0.2, -0.15) is 0 Å². The van der Waals surface area contributed by atoms with E-state index in [4.69, 9.17) is 4.74 Å². The molecule has 0 saturated carbocycles. The van der Waals surface area contributed by atoms with Crippen molar-refractivity contribution in [3.05, 3.63) is 59.2 Å². The van der Waals surface area contributed by atoms with Crippen LogP contribution in [0.25, 0.3) is 0 Å². The van der Waals surface area contributed by atoms with E-state index in [9.17, 15) is 18.4 Å². The number of fused-ring (bicyclic) bond motifs is 1. The van der Waals surface area contributed by atoms with Crippen molar-refractivity contribution in [3.8, 4) is 5.75 Å². The number of amides is 1. The van der Waals surface area contributed by atoms with Crippen LogP contribution in [0.2, 0.25) is 0 Å². The van der Waals surface area contributed by atoms with E-state index in [2.05, 4.69) is 0 Å². The van der Waals surface area contributed by atoms with Crippen molar-refractivity contribution in [1.29, 1.82) is 0 Å². The number of benzene rings is 2. The summed E-state index contributed by atoms with van der Waals surface area (Å²) >= 11 is 0. The molecule has 1 amide bonds. The first kappa shape index (κ1) is 14.2. The molecule has 0 N–H and O–H groups in total. The average Bonchev–Trinajstić information content (AvgIpc) is 2.83. The van der Waals surface area contributed by atoms with E-state index >= 15 is 0 Å². The summed E-state index contributed by atoms with van der Waals surface area (Å²) in [6.07, 6.45) is 0.605. The number of carbonyl (C=O) groups is 2.